The Hall–Kier alpha value is -2.21. The zero-order valence-electron chi connectivity index (χ0n) is 11.7. The smallest absolute Gasteiger partial charge is 0.209 e. The van der Waals surface area contributed by atoms with E-state index in [1.54, 1.807) is 31.2 Å². The second-order valence-electron chi connectivity index (χ2n) is 4.69. The molecule has 0 aliphatic rings. The maximum atomic E-state index is 12.2. The van der Waals surface area contributed by atoms with Crippen molar-refractivity contribution in [3.63, 3.8) is 0 Å². The average molecular weight is 305 g/mol. The van der Waals surface area contributed by atoms with Crippen LogP contribution in [0.15, 0.2) is 41.4 Å². The van der Waals surface area contributed by atoms with Crippen LogP contribution in [-0.2, 0) is 9.84 Å². The van der Waals surface area contributed by atoms with Crippen LogP contribution in [0.2, 0.25) is 0 Å². The Labute approximate surface area is 122 Å². The van der Waals surface area contributed by atoms with Crippen molar-refractivity contribution in [3.05, 3.63) is 53.2 Å². The van der Waals surface area contributed by atoms with Gasteiger partial charge in [-0.2, -0.15) is 0 Å². The summed E-state index contributed by atoms with van der Waals surface area (Å²) in [6.07, 6.45) is 1.47. The van der Waals surface area contributed by atoms with Crippen LogP contribution >= 0.6 is 0 Å². The SMILES string of the molecule is CCC(=O)c1ccc(C(=O)c2ccc(S(C)(=O)=O)[nH]2)cc1. The van der Waals surface area contributed by atoms with Gasteiger partial charge in [-0.3, -0.25) is 9.59 Å². The minimum atomic E-state index is -3.37. The molecule has 2 aromatic rings. The van der Waals surface area contributed by atoms with Gasteiger partial charge in [0.15, 0.2) is 15.6 Å². The van der Waals surface area contributed by atoms with Gasteiger partial charge in [-0.15, -0.1) is 0 Å². The molecule has 0 radical (unpaired) electrons. The molecule has 0 aliphatic heterocycles. The van der Waals surface area contributed by atoms with Gasteiger partial charge in [-0.1, -0.05) is 31.2 Å². The number of hydrogen-bond donors (Lipinski definition) is 1. The number of benzene rings is 1. The van der Waals surface area contributed by atoms with Gasteiger partial charge in [0, 0.05) is 23.8 Å². The molecule has 0 unspecified atom stereocenters. The standard InChI is InChI=1S/C15H15NO4S/c1-3-13(17)10-4-6-11(7-5-10)15(18)12-8-9-14(16-12)21(2,19)20/h4-9,16H,3H2,1-2H3. The molecule has 110 valence electrons. The van der Waals surface area contributed by atoms with E-state index < -0.39 is 9.84 Å². The number of ketones is 2. The van der Waals surface area contributed by atoms with Crippen molar-refractivity contribution in [1.82, 2.24) is 4.98 Å². The van der Waals surface area contributed by atoms with E-state index in [0.29, 0.717) is 17.5 Å². The van der Waals surface area contributed by atoms with Gasteiger partial charge < -0.3 is 4.98 Å². The van der Waals surface area contributed by atoms with Gasteiger partial charge in [-0.05, 0) is 12.1 Å². The molecule has 21 heavy (non-hydrogen) atoms. The van der Waals surface area contributed by atoms with Crippen LogP contribution in [0.3, 0.4) is 0 Å². The highest BCUT2D eigenvalue weighted by molar-refractivity contribution is 7.90. The molecule has 0 amide bonds. The van der Waals surface area contributed by atoms with E-state index in [0.717, 1.165) is 6.26 Å². The second-order valence-corrected chi connectivity index (χ2v) is 6.68. The minimum absolute atomic E-state index is 0.00336. The first-order valence-corrected chi connectivity index (χ1v) is 8.29. The highest BCUT2D eigenvalue weighted by Crippen LogP contribution is 2.14. The summed E-state index contributed by atoms with van der Waals surface area (Å²) in [5, 5.41) is 0.00336. The molecule has 0 atom stereocenters. The van der Waals surface area contributed by atoms with Crippen LogP contribution < -0.4 is 0 Å². The summed E-state index contributed by atoms with van der Waals surface area (Å²) < 4.78 is 22.8. The number of hydrogen-bond acceptors (Lipinski definition) is 4. The highest BCUT2D eigenvalue weighted by atomic mass is 32.2. The van der Waals surface area contributed by atoms with Crippen LogP contribution in [0, 0.1) is 0 Å². The number of nitrogens with one attached hydrogen (secondary N) is 1. The van der Waals surface area contributed by atoms with Crippen molar-refractivity contribution >= 4 is 21.4 Å². The van der Waals surface area contributed by atoms with E-state index in [-0.39, 0.29) is 22.3 Å². The molecular formula is C15H15NO4S. The zero-order valence-corrected chi connectivity index (χ0v) is 12.5. The van der Waals surface area contributed by atoms with Gasteiger partial charge in [0.25, 0.3) is 0 Å². The van der Waals surface area contributed by atoms with Crippen molar-refractivity contribution in [2.24, 2.45) is 0 Å². The molecule has 0 aliphatic carbocycles. The third-order valence-corrected chi connectivity index (χ3v) is 4.13. The number of aromatic nitrogens is 1. The highest BCUT2D eigenvalue weighted by Gasteiger charge is 2.15. The third-order valence-electron chi connectivity index (χ3n) is 3.09. The molecule has 0 saturated heterocycles. The molecule has 1 aromatic carbocycles. The van der Waals surface area contributed by atoms with Crippen molar-refractivity contribution in [1.29, 1.82) is 0 Å². The molecule has 5 nitrogen and oxygen atoms in total. The quantitative estimate of drug-likeness (QED) is 0.859. The number of rotatable bonds is 5. The topological polar surface area (TPSA) is 84.1 Å². The van der Waals surface area contributed by atoms with E-state index in [9.17, 15) is 18.0 Å². The number of aromatic amines is 1. The summed E-state index contributed by atoms with van der Waals surface area (Å²) in [6, 6.07) is 9.11. The Morgan fingerprint density at radius 1 is 1.00 bits per heavy atom. The summed E-state index contributed by atoms with van der Waals surface area (Å²) in [6.45, 7) is 1.77. The number of sulfone groups is 1. The lowest BCUT2D eigenvalue weighted by Crippen LogP contribution is -2.04. The fraction of sp³-hybridized carbons (Fsp3) is 0.200. The molecule has 1 N–H and O–H groups in total. The molecule has 1 heterocycles. The molecule has 0 spiro atoms. The van der Waals surface area contributed by atoms with Crippen molar-refractivity contribution < 1.29 is 18.0 Å². The monoisotopic (exact) mass is 305 g/mol. The third kappa shape index (κ3) is 3.28. The Balaban J connectivity index is 2.28. The fourth-order valence-electron chi connectivity index (χ4n) is 1.89. The molecule has 1 aromatic heterocycles. The molecular weight excluding hydrogens is 290 g/mol. The molecule has 0 saturated carbocycles. The summed E-state index contributed by atoms with van der Waals surface area (Å²) in [4.78, 5) is 26.3. The number of Topliss-reactive ketones (excluding diaryl/α,β-unsaturated/α-hetero) is 1. The zero-order chi connectivity index (χ0) is 15.6. The summed E-state index contributed by atoms with van der Waals surface area (Å²) in [7, 11) is -3.37. The molecule has 2 rings (SSSR count). The fourth-order valence-corrected chi connectivity index (χ4v) is 2.50. The Morgan fingerprint density at radius 3 is 2.05 bits per heavy atom. The van der Waals surface area contributed by atoms with E-state index in [1.807, 2.05) is 0 Å². The van der Waals surface area contributed by atoms with E-state index in [4.69, 9.17) is 0 Å². The lowest BCUT2D eigenvalue weighted by atomic mass is 10.0. The van der Waals surface area contributed by atoms with E-state index >= 15 is 0 Å². The minimum Gasteiger partial charge on any atom is -0.343 e. The second kappa shape index (κ2) is 5.65. The van der Waals surface area contributed by atoms with E-state index in [2.05, 4.69) is 4.98 Å². The Morgan fingerprint density at radius 2 is 1.57 bits per heavy atom. The first-order chi connectivity index (χ1) is 9.82. The van der Waals surface area contributed by atoms with Gasteiger partial charge in [0.2, 0.25) is 5.78 Å². The predicted octanol–water partition coefficient (Wildman–Crippen LogP) is 2.24. The lowest BCUT2D eigenvalue weighted by molar-refractivity contribution is 0.0985. The number of carbonyl (C=O) groups excluding carboxylic acids is 2. The normalized spacial score (nSPS) is 11.3. The summed E-state index contributed by atoms with van der Waals surface area (Å²) in [5.74, 6) is -0.311. The number of H-pyrrole nitrogens is 1. The predicted molar refractivity (Wildman–Crippen MR) is 78.4 cm³/mol. The first kappa shape index (κ1) is 15.2. The van der Waals surface area contributed by atoms with Gasteiger partial charge in [0.05, 0.1) is 5.69 Å². The van der Waals surface area contributed by atoms with Crippen molar-refractivity contribution in [2.45, 2.75) is 18.4 Å². The maximum Gasteiger partial charge on any atom is 0.209 e. The van der Waals surface area contributed by atoms with Crippen molar-refractivity contribution in [2.75, 3.05) is 6.26 Å². The Kier molecular flexibility index (Phi) is 4.09. The van der Waals surface area contributed by atoms with Crippen LogP contribution in [0.4, 0.5) is 0 Å². The van der Waals surface area contributed by atoms with Gasteiger partial charge in [0.1, 0.15) is 5.03 Å². The van der Waals surface area contributed by atoms with Crippen LogP contribution in [0.1, 0.15) is 39.8 Å². The van der Waals surface area contributed by atoms with Crippen LogP contribution in [0.5, 0.6) is 0 Å². The summed E-state index contributed by atoms with van der Waals surface area (Å²) in [5.41, 5.74) is 1.15. The van der Waals surface area contributed by atoms with Crippen LogP contribution in [0.25, 0.3) is 0 Å². The number of carbonyl (C=O) groups is 2. The van der Waals surface area contributed by atoms with Gasteiger partial charge >= 0.3 is 0 Å². The lowest BCUT2D eigenvalue weighted by Gasteiger charge is -2.01. The van der Waals surface area contributed by atoms with Crippen LogP contribution in [-0.4, -0.2) is 31.2 Å². The average Bonchev–Trinajstić information content (AvgIpc) is 2.95. The molecule has 0 fully saturated rings. The van der Waals surface area contributed by atoms with E-state index in [1.165, 1.54) is 12.1 Å². The summed E-state index contributed by atoms with van der Waals surface area (Å²) >= 11 is 0. The Bertz CT molecular complexity index is 785. The first-order valence-electron chi connectivity index (χ1n) is 6.40. The largest absolute Gasteiger partial charge is 0.343 e. The maximum absolute atomic E-state index is 12.2. The van der Waals surface area contributed by atoms with Crippen molar-refractivity contribution in [3.8, 4) is 0 Å². The molecule has 6 heteroatoms. The molecule has 0 bridgehead atoms. The van der Waals surface area contributed by atoms with Gasteiger partial charge in [-0.25, -0.2) is 8.42 Å².